The molecule has 2 aromatic carbocycles. The third kappa shape index (κ3) is 4.73. The molecular weight excluding hydrogens is 344 g/mol. The molecule has 0 aliphatic carbocycles. The quantitative estimate of drug-likeness (QED) is 0.604. The summed E-state index contributed by atoms with van der Waals surface area (Å²) in [5.41, 5.74) is 2.13. The van der Waals surface area contributed by atoms with Gasteiger partial charge in [0.05, 0.1) is 12.3 Å². The van der Waals surface area contributed by atoms with E-state index in [4.69, 9.17) is 4.74 Å². The third-order valence-electron chi connectivity index (χ3n) is 4.30. The number of amides is 3. The van der Waals surface area contributed by atoms with Crippen LogP contribution in [0.4, 0.5) is 5.69 Å². The average molecular weight is 366 g/mol. The number of rotatable bonds is 7. The Kier molecular flexibility index (Phi) is 5.86. The standard InChI is InChI=1S/C21H22N2O4/c1-15-4-2-5-18(14-15)27-13-3-12-22-21(26)16-6-8-17(9-7-16)23-19(24)10-11-20(23)25/h2,4-9,14H,3,10-13H2,1H3,(H,22,26). The predicted molar refractivity (Wildman–Crippen MR) is 102 cm³/mol. The molecule has 27 heavy (non-hydrogen) atoms. The van der Waals surface area contributed by atoms with Crippen molar-refractivity contribution in [3.05, 3.63) is 59.7 Å². The van der Waals surface area contributed by atoms with Gasteiger partial charge in [-0.3, -0.25) is 19.3 Å². The van der Waals surface area contributed by atoms with Crippen LogP contribution < -0.4 is 15.0 Å². The molecular formula is C21H22N2O4. The van der Waals surface area contributed by atoms with Gasteiger partial charge in [0.1, 0.15) is 5.75 Å². The van der Waals surface area contributed by atoms with Gasteiger partial charge in [0.2, 0.25) is 11.8 Å². The first-order valence-electron chi connectivity index (χ1n) is 8.98. The van der Waals surface area contributed by atoms with Gasteiger partial charge in [0, 0.05) is 24.9 Å². The van der Waals surface area contributed by atoms with Crippen molar-refractivity contribution in [3.8, 4) is 5.75 Å². The van der Waals surface area contributed by atoms with Gasteiger partial charge in [0.25, 0.3) is 5.91 Å². The number of carbonyl (C=O) groups is 3. The molecule has 6 nitrogen and oxygen atoms in total. The van der Waals surface area contributed by atoms with Gasteiger partial charge in [-0.1, -0.05) is 12.1 Å². The normalized spacial score (nSPS) is 13.7. The van der Waals surface area contributed by atoms with Crippen LogP contribution in [0.5, 0.6) is 5.75 Å². The maximum absolute atomic E-state index is 12.2. The largest absolute Gasteiger partial charge is 0.494 e. The molecule has 1 aliphatic heterocycles. The van der Waals surface area contributed by atoms with Crippen molar-refractivity contribution in [2.24, 2.45) is 0 Å². The number of hydrogen-bond donors (Lipinski definition) is 1. The molecule has 1 aliphatic rings. The fourth-order valence-corrected chi connectivity index (χ4v) is 2.90. The number of carbonyl (C=O) groups excluding carboxylic acids is 3. The molecule has 1 heterocycles. The van der Waals surface area contributed by atoms with Crippen molar-refractivity contribution < 1.29 is 19.1 Å². The smallest absolute Gasteiger partial charge is 0.251 e. The maximum Gasteiger partial charge on any atom is 0.251 e. The number of aryl methyl sites for hydroxylation is 1. The number of imide groups is 1. The van der Waals surface area contributed by atoms with Crippen LogP contribution in [0.2, 0.25) is 0 Å². The molecule has 0 unspecified atom stereocenters. The second kappa shape index (κ2) is 8.49. The number of nitrogens with zero attached hydrogens (tertiary/aromatic N) is 1. The zero-order valence-electron chi connectivity index (χ0n) is 15.2. The lowest BCUT2D eigenvalue weighted by Gasteiger charge is -2.14. The lowest BCUT2D eigenvalue weighted by Crippen LogP contribution is -2.29. The minimum atomic E-state index is -0.203. The van der Waals surface area contributed by atoms with Crippen molar-refractivity contribution in [2.45, 2.75) is 26.2 Å². The monoisotopic (exact) mass is 366 g/mol. The van der Waals surface area contributed by atoms with Crippen molar-refractivity contribution >= 4 is 23.4 Å². The zero-order valence-corrected chi connectivity index (χ0v) is 15.2. The van der Waals surface area contributed by atoms with E-state index >= 15 is 0 Å². The van der Waals surface area contributed by atoms with E-state index in [0.29, 0.717) is 30.8 Å². The summed E-state index contributed by atoms with van der Waals surface area (Å²) in [4.78, 5) is 36.8. The second-order valence-corrected chi connectivity index (χ2v) is 6.44. The Labute approximate surface area is 158 Å². The first kappa shape index (κ1) is 18.6. The first-order chi connectivity index (χ1) is 13.0. The Balaban J connectivity index is 1.44. The summed E-state index contributed by atoms with van der Waals surface area (Å²) in [6.07, 6.45) is 1.17. The van der Waals surface area contributed by atoms with Crippen molar-refractivity contribution in [2.75, 3.05) is 18.1 Å². The molecule has 1 fully saturated rings. The maximum atomic E-state index is 12.2. The number of benzene rings is 2. The summed E-state index contributed by atoms with van der Waals surface area (Å²) in [5.74, 6) is 0.218. The molecule has 0 aromatic heterocycles. The van der Waals surface area contributed by atoms with Crippen molar-refractivity contribution in [1.82, 2.24) is 5.32 Å². The van der Waals surface area contributed by atoms with E-state index in [1.54, 1.807) is 24.3 Å². The van der Waals surface area contributed by atoms with Gasteiger partial charge >= 0.3 is 0 Å². The molecule has 0 saturated carbocycles. The number of nitrogens with one attached hydrogen (secondary N) is 1. The Morgan fingerprint density at radius 3 is 2.44 bits per heavy atom. The van der Waals surface area contributed by atoms with Gasteiger partial charge in [-0.2, -0.15) is 0 Å². The molecule has 2 aromatic rings. The van der Waals surface area contributed by atoms with E-state index in [1.165, 1.54) is 4.90 Å². The highest BCUT2D eigenvalue weighted by molar-refractivity contribution is 6.19. The van der Waals surface area contributed by atoms with E-state index < -0.39 is 0 Å². The molecule has 0 radical (unpaired) electrons. The zero-order chi connectivity index (χ0) is 19.2. The molecule has 3 amide bonds. The summed E-state index contributed by atoms with van der Waals surface area (Å²) in [5, 5.41) is 2.84. The molecule has 140 valence electrons. The minimum Gasteiger partial charge on any atom is -0.494 e. The molecule has 0 atom stereocenters. The molecule has 1 N–H and O–H groups in total. The molecule has 0 bridgehead atoms. The van der Waals surface area contributed by atoms with Gasteiger partial charge < -0.3 is 10.1 Å². The van der Waals surface area contributed by atoms with E-state index in [0.717, 1.165) is 11.3 Å². The van der Waals surface area contributed by atoms with Crippen molar-refractivity contribution in [1.29, 1.82) is 0 Å². The second-order valence-electron chi connectivity index (χ2n) is 6.44. The van der Waals surface area contributed by atoms with Gasteiger partial charge in [-0.25, -0.2) is 0 Å². The van der Waals surface area contributed by atoms with Gasteiger partial charge in [0.15, 0.2) is 0 Å². The molecule has 1 saturated heterocycles. The average Bonchev–Trinajstić information content (AvgIpc) is 3.00. The highest BCUT2D eigenvalue weighted by Crippen LogP contribution is 2.22. The lowest BCUT2D eigenvalue weighted by molar-refractivity contribution is -0.121. The SMILES string of the molecule is Cc1cccc(OCCCNC(=O)c2ccc(N3C(=O)CCC3=O)cc2)c1. The molecule has 0 spiro atoms. The van der Waals surface area contributed by atoms with E-state index in [1.807, 2.05) is 31.2 Å². The van der Waals surface area contributed by atoms with Crippen LogP contribution in [0.1, 0.15) is 35.2 Å². The van der Waals surface area contributed by atoms with Gasteiger partial charge in [-0.15, -0.1) is 0 Å². The Hall–Kier alpha value is -3.15. The minimum absolute atomic E-state index is 0.198. The summed E-state index contributed by atoms with van der Waals surface area (Å²) >= 11 is 0. The molecule has 3 rings (SSSR count). The van der Waals surface area contributed by atoms with Crippen LogP contribution in [0.3, 0.4) is 0 Å². The fourth-order valence-electron chi connectivity index (χ4n) is 2.90. The summed E-state index contributed by atoms with van der Waals surface area (Å²) < 4.78 is 5.65. The molecule has 6 heteroatoms. The Morgan fingerprint density at radius 1 is 1.07 bits per heavy atom. The van der Waals surface area contributed by atoms with Crippen LogP contribution in [-0.4, -0.2) is 30.9 Å². The van der Waals surface area contributed by atoms with Crippen LogP contribution in [0.15, 0.2) is 48.5 Å². The summed E-state index contributed by atoms with van der Waals surface area (Å²) in [7, 11) is 0. The first-order valence-corrected chi connectivity index (χ1v) is 8.98. The number of anilines is 1. The fraction of sp³-hybridized carbons (Fsp3) is 0.286. The summed E-state index contributed by atoms with van der Waals surface area (Å²) in [6.45, 7) is 3.02. The van der Waals surface area contributed by atoms with Crippen LogP contribution in [-0.2, 0) is 9.59 Å². The van der Waals surface area contributed by atoms with E-state index in [-0.39, 0.29) is 30.6 Å². The van der Waals surface area contributed by atoms with Crippen molar-refractivity contribution in [3.63, 3.8) is 0 Å². The highest BCUT2D eigenvalue weighted by Gasteiger charge is 2.30. The lowest BCUT2D eigenvalue weighted by atomic mass is 10.2. The Bertz CT molecular complexity index is 830. The summed E-state index contributed by atoms with van der Waals surface area (Å²) in [6, 6.07) is 14.3. The number of hydrogen-bond acceptors (Lipinski definition) is 4. The van der Waals surface area contributed by atoms with E-state index in [2.05, 4.69) is 5.32 Å². The topological polar surface area (TPSA) is 75.7 Å². The number of ether oxygens (including phenoxy) is 1. The van der Waals surface area contributed by atoms with E-state index in [9.17, 15) is 14.4 Å². The predicted octanol–water partition coefficient (Wildman–Crippen LogP) is 2.85. The van der Waals surface area contributed by atoms with Crippen LogP contribution in [0, 0.1) is 6.92 Å². The highest BCUT2D eigenvalue weighted by atomic mass is 16.5. The van der Waals surface area contributed by atoms with Crippen LogP contribution >= 0.6 is 0 Å². The van der Waals surface area contributed by atoms with Crippen LogP contribution in [0.25, 0.3) is 0 Å². The van der Waals surface area contributed by atoms with Gasteiger partial charge in [-0.05, 0) is 55.3 Å². The Morgan fingerprint density at radius 2 is 1.78 bits per heavy atom. The third-order valence-corrected chi connectivity index (χ3v) is 4.30.